The highest BCUT2D eigenvalue weighted by molar-refractivity contribution is 7.17. The first-order valence-corrected chi connectivity index (χ1v) is 7.70. The SMILES string of the molecule is CC1CCOC1C(Cc1csc2ccccc12)NN. The molecule has 3 rings (SSSR count). The average molecular weight is 276 g/mol. The Balaban J connectivity index is 1.82. The van der Waals surface area contributed by atoms with E-state index in [4.69, 9.17) is 10.6 Å². The van der Waals surface area contributed by atoms with Crippen LogP contribution in [-0.2, 0) is 11.2 Å². The summed E-state index contributed by atoms with van der Waals surface area (Å²) in [5.41, 5.74) is 4.32. The molecule has 1 aromatic heterocycles. The third-order valence-electron chi connectivity index (χ3n) is 4.06. The Labute approximate surface area is 117 Å². The van der Waals surface area contributed by atoms with Gasteiger partial charge in [0.25, 0.3) is 0 Å². The topological polar surface area (TPSA) is 47.3 Å². The second-order valence-electron chi connectivity index (χ2n) is 5.34. The van der Waals surface area contributed by atoms with Crippen molar-refractivity contribution in [2.24, 2.45) is 11.8 Å². The molecule has 102 valence electrons. The second-order valence-corrected chi connectivity index (χ2v) is 6.25. The van der Waals surface area contributed by atoms with Gasteiger partial charge in [0.05, 0.1) is 12.1 Å². The molecular weight excluding hydrogens is 256 g/mol. The minimum atomic E-state index is 0.190. The summed E-state index contributed by atoms with van der Waals surface area (Å²) in [5, 5.41) is 3.59. The van der Waals surface area contributed by atoms with Gasteiger partial charge in [0, 0.05) is 11.3 Å². The molecule has 2 heterocycles. The summed E-state index contributed by atoms with van der Waals surface area (Å²) in [5.74, 6) is 6.32. The molecule has 19 heavy (non-hydrogen) atoms. The van der Waals surface area contributed by atoms with Gasteiger partial charge in [-0.05, 0) is 41.2 Å². The molecule has 1 aliphatic rings. The van der Waals surface area contributed by atoms with Crippen molar-refractivity contribution in [2.75, 3.05) is 6.61 Å². The van der Waals surface area contributed by atoms with Crippen molar-refractivity contribution in [2.45, 2.75) is 31.9 Å². The van der Waals surface area contributed by atoms with Gasteiger partial charge in [0.2, 0.25) is 0 Å². The molecular formula is C15H20N2OS. The average Bonchev–Trinajstić information content (AvgIpc) is 3.03. The van der Waals surface area contributed by atoms with Crippen LogP contribution in [0.25, 0.3) is 10.1 Å². The van der Waals surface area contributed by atoms with Crippen LogP contribution in [-0.4, -0.2) is 18.8 Å². The Morgan fingerprint density at radius 2 is 2.32 bits per heavy atom. The quantitative estimate of drug-likeness (QED) is 0.667. The minimum Gasteiger partial charge on any atom is -0.376 e. The largest absolute Gasteiger partial charge is 0.376 e. The van der Waals surface area contributed by atoms with Gasteiger partial charge in [0.15, 0.2) is 0 Å². The van der Waals surface area contributed by atoms with Crippen LogP contribution in [0, 0.1) is 5.92 Å². The summed E-state index contributed by atoms with van der Waals surface area (Å²) in [7, 11) is 0. The molecule has 0 radical (unpaired) electrons. The van der Waals surface area contributed by atoms with Crippen molar-refractivity contribution >= 4 is 21.4 Å². The number of hydrazine groups is 1. The van der Waals surface area contributed by atoms with E-state index in [1.165, 1.54) is 15.6 Å². The van der Waals surface area contributed by atoms with E-state index in [0.717, 1.165) is 19.4 Å². The van der Waals surface area contributed by atoms with Gasteiger partial charge in [-0.1, -0.05) is 25.1 Å². The van der Waals surface area contributed by atoms with Crippen LogP contribution in [0.2, 0.25) is 0 Å². The number of nitrogens with one attached hydrogen (secondary N) is 1. The standard InChI is InChI=1S/C15H20N2OS/c1-10-6-7-18-15(10)13(17-16)8-11-9-19-14-5-3-2-4-12(11)14/h2-5,9-10,13,15,17H,6-8,16H2,1H3. The first-order chi connectivity index (χ1) is 9.29. The predicted molar refractivity (Wildman–Crippen MR) is 80.2 cm³/mol. The maximum absolute atomic E-state index is 5.84. The number of nitrogens with two attached hydrogens (primary N) is 1. The summed E-state index contributed by atoms with van der Waals surface area (Å²) in [6.07, 6.45) is 2.28. The molecule has 1 saturated heterocycles. The molecule has 0 saturated carbocycles. The van der Waals surface area contributed by atoms with Crippen molar-refractivity contribution < 1.29 is 4.74 Å². The summed E-state index contributed by atoms with van der Waals surface area (Å²) in [6, 6.07) is 8.73. The first kappa shape index (κ1) is 13.1. The molecule has 3 N–H and O–H groups in total. The monoisotopic (exact) mass is 276 g/mol. The lowest BCUT2D eigenvalue weighted by molar-refractivity contribution is 0.0611. The number of fused-ring (bicyclic) bond motifs is 1. The first-order valence-electron chi connectivity index (χ1n) is 6.82. The summed E-state index contributed by atoms with van der Waals surface area (Å²) < 4.78 is 7.18. The Kier molecular flexibility index (Phi) is 3.84. The summed E-state index contributed by atoms with van der Waals surface area (Å²) >= 11 is 1.80. The van der Waals surface area contributed by atoms with Crippen LogP contribution in [0.4, 0.5) is 0 Å². The zero-order valence-electron chi connectivity index (χ0n) is 11.1. The lowest BCUT2D eigenvalue weighted by Gasteiger charge is -2.25. The fourth-order valence-corrected chi connectivity index (χ4v) is 3.90. The van der Waals surface area contributed by atoms with Crippen LogP contribution >= 0.6 is 11.3 Å². The summed E-state index contributed by atoms with van der Waals surface area (Å²) in [4.78, 5) is 0. The zero-order valence-corrected chi connectivity index (χ0v) is 12.0. The van der Waals surface area contributed by atoms with Crippen molar-refractivity contribution in [3.63, 3.8) is 0 Å². The van der Waals surface area contributed by atoms with E-state index < -0.39 is 0 Å². The molecule has 1 aliphatic heterocycles. The molecule has 3 unspecified atom stereocenters. The van der Waals surface area contributed by atoms with Gasteiger partial charge in [-0.2, -0.15) is 0 Å². The Hall–Kier alpha value is -0.940. The molecule has 0 bridgehead atoms. The van der Waals surface area contributed by atoms with Crippen molar-refractivity contribution in [1.29, 1.82) is 0 Å². The van der Waals surface area contributed by atoms with Gasteiger partial charge in [-0.15, -0.1) is 11.3 Å². The summed E-state index contributed by atoms with van der Waals surface area (Å²) in [6.45, 7) is 3.10. The minimum absolute atomic E-state index is 0.190. The van der Waals surface area contributed by atoms with Gasteiger partial charge in [0.1, 0.15) is 0 Å². The zero-order chi connectivity index (χ0) is 13.2. The van der Waals surface area contributed by atoms with Crippen molar-refractivity contribution in [3.8, 4) is 0 Å². The number of ether oxygens (including phenoxy) is 1. The molecule has 0 amide bonds. The van der Waals surface area contributed by atoms with Crippen molar-refractivity contribution in [1.82, 2.24) is 5.43 Å². The molecule has 1 aromatic carbocycles. The number of hydrogen-bond acceptors (Lipinski definition) is 4. The maximum atomic E-state index is 5.84. The van der Waals surface area contributed by atoms with E-state index in [-0.39, 0.29) is 12.1 Å². The number of thiophene rings is 1. The third kappa shape index (κ3) is 2.54. The van der Waals surface area contributed by atoms with E-state index >= 15 is 0 Å². The van der Waals surface area contributed by atoms with E-state index in [1.54, 1.807) is 11.3 Å². The van der Waals surface area contributed by atoms with Crippen LogP contribution in [0.5, 0.6) is 0 Å². The Bertz CT molecular complexity index is 554. The predicted octanol–water partition coefficient (Wildman–Crippen LogP) is 2.70. The Morgan fingerprint density at radius 3 is 3.05 bits per heavy atom. The second kappa shape index (κ2) is 5.59. The third-order valence-corrected chi connectivity index (χ3v) is 5.07. The Morgan fingerprint density at radius 1 is 1.47 bits per heavy atom. The van der Waals surface area contributed by atoms with E-state index in [0.29, 0.717) is 5.92 Å². The van der Waals surface area contributed by atoms with Crippen LogP contribution in [0.1, 0.15) is 18.9 Å². The smallest absolute Gasteiger partial charge is 0.0771 e. The van der Waals surface area contributed by atoms with Gasteiger partial charge < -0.3 is 4.74 Å². The molecule has 3 nitrogen and oxygen atoms in total. The molecule has 0 spiro atoms. The van der Waals surface area contributed by atoms with Crippen LogP contribution in [0.15, 0.2) is 29.6 Å². The molecule has 0 aliphatic carbocycles. The van der Waals surface area contributed by atoms with Crippen LogP contribution in [0.3, 0.4) is 0 Å². The number of hydrogen-bond donors (Lipinski definition) is 2. The fraction of sp³-hybridized carbons (Fsp3) is 0.467. The molecule has 2 aromatic rings. The van der Waals surface area contributed by atoms with E-state index in [2.05, 4.69) is 42.0 Å². The lowest BCUT2D eigenvalue weighted by Crippen LogP contribution is -2.47. The van der Waals surface area contributed by atoms with Gasteiger partial charge >= 0.3 is 0 Å². The van der Waals surface area contributed by atoms with Crippen molar-refractivity contribution in [3.05, 3.63) is 35.2 Å². The molecule has 1 fully saturated rings. The normalized spacial score (nSPS) is 24.9. The van der Waals surface area contributed by atoms with E-state index in [1.807, 2.05) is 0 Å². The van der Waals surface area contributed by atoms with Gasteiger partial charge in [-0.3, -0.25) is 11.3 Å². The maximum Gasteiger partial charge on any atom is 0.0771 e. The number of benzene rings is 1. The molecule has 4 heteroatoms. The fourth-order valence-electron chi connectivity index (χ4n) is 2.93. The lowest BCUT2D eigenvalue weighted by atomic mass is 9.93. The number of rotatable bonds is 4. The van der Waals surface area contributed by atoms with Crippen LogP contribution < -0.4 is 11.3 Å². The van der Waals surface area contributed by atoms with Gasteiger partial charge in [-0.25, -0.2) is 0 Å². The highest BCUT2D eigenvalue weighted by atomic mass is 32.1. The highest BCUT2D eigenvalue weighted by Gasteiger charge is 2.31. The van der Waals surface area contributed by atoms with E-state index in [9.17, 15) is 0 Å². The highest BCUT2D eigenvalue weighted by Crippen LogP contribution is 2.29. The molecule has 3 atom stereocenters.